The van der Waals surface area contributed by atoms with Gasteiger partial charge in [0, 0.05) is 12.1 Å². The summed E-state index contributed by atoms with van der Waals surface area (Å²) in [6.07, 6.45) is 1.37. The van der Waals surface area contributed by atoms with Crippen LogP contribution >= 0.6 is 0 Å². The number of hydrogen-bond acceptors (Lipinski definition) is 6. The molecule has 7 nitrogen and oxygen atoms in total. The van der Waals surface area contributed by atoms with Gasteiger partial charge in [-0.1, -0.05) is 42.5 Å². The van der Waals surface area contributed by atoms with Crippen LogP contribution in [0, 0.1) is 0 Å². The molecule has 8 heteroatoms. The largest absolute Gasteiger partial charge is 0.492 e. The van der Waals surface area contributed by atoms with Crippen LogP contribution in [-0.2, 0) is 32.0 Å². The maximum Gasteiger partial charge on any atom is 0.492 e. The van der Waals surface area contributed by atoms with Crippen molar-refractivity contribution in [3.05, 3.63) is 76.3 Å². The molecule has 172 valence electrons. The van der Waals surface area contributed by atoms with Crippen molar-refractivity contribution in [1.29, 1.82) is 0 Å². The van der Waals surface area contributed by atoms with E-state index in [0.29, 0.717) is 5.56 Å². The third-order valence-electron chi connectivity index (χ3n) is 6.27. The van der Waals surface area contributed by atoms with Crippen LogP contribution in [-0.4, -0.2) is 36.9 Å². The molecule has 1 amide bonds. The zero-order valence-corrected chi connectivity index (χ0v) is 19.3. The van der Waals surface area contributed by atoms with E-state index in [0.717, 1.165) is 22.2 Å². The molecule has 0 radical (unpaired) electrons. The third kappa shape index (κ3) is 5.12. The molecule has 0 saturated carbocycles. The Morgan fingerprint density at radius 1 is 1.09 bits per heavy atom. The van der Waals surface area contributed by atoms with Crippen molar-refractivity contribution in [2.75, 3.05) is 6.54 Å². The minimum atomic E-state index is -0.643. The number of amides is 1. The lowest BCUT2D eigenvalue weighted by molar-refractivity contribution is 0.00578. The molecule has 0 bridgehead atoms. The number of fused-ring (bicyclic) bond motifs is 1. The second kappa shape index (κ2) is 9.04. The highest BCUT2D eigenvalue weighted by Gasteiger charge is 2.52. The summed E-state index contributed by atoms with van der Waals surface area (Å²) in [6, 6.07) is 15.0. The summed E-state index contributed by atoms with van der Waals surface area (Å²) in [5.41, 5.74) is 2.85. The number of rotatable bonds is 6. The van der Waals surface area contributed by atoms with E-state index in [1.165, 1.54) is 0 Å². The first-order valence-corrected chi connectivity index (χ1v) is 11.0. The topological polar surface area (TPSA) is 83.1 Å². The minimum absolute atomic E-state index is 0.178. The number of cyclic esters (lactones) is 1. The van der Waals surface area contributed by atoms with Crippen molar-refractivity contribution < 1.29 is 28.4 Å². The smallest absolute Gasteiger partial charge is 0.457 e. The third-order valence-corrected chi connectivity index (χ3v) is 6.27. The number of hydrogen-bond donors (Lipinski definition) is 1. The Kier molecular flexibility index (Phi) is 6.32. The molecular formula is C25H28BNO6. The second-order valence-electron chi connectivity index (χ2n) is 9.22. The minimum Gasteiger partial charge on any atom is -0.457 e. The summed E-state index contributed by atoms with van der Waals surface area (Å²) in [5, 5.41) is 2.80. The molecule has 1 N–H and O–H groups in total. The molecule has 0 aromatic heterocycles. The van der Waals surface area contributed by atoms with Gasteiger partial charge in [-0.3, -0.25) is 0 Å². The summed E-state index contributed by atoms with van der Waals surface area (Å²) in [6.45, 7) is 8.52. The summed E-state index contributed by atoms with van der Waals surface area (Å²) in [5.74, 6) is -0.311. The van der Waals surface area contributed by atoms with Gasteiger partial charge in [0.2, 0.25) is 0 Å². The summed E-state index contributed by atoms with van der Waals surface area (Å²) in [7, 11) is -0.643. The Balaban J connectivity index is 1.50. The van der Waals surface area contributed by atoms with Gasteiger partial charge in [-0.05, 0) is 56.4 Å². The molecule has 2 aliphatic rings. The van der Waals surface area contributed by atoms with Crippen LogP contribution in [0.15, 0.2) is 54.0 Å². The van der Waals surface area contributed by atoms with Crippen LogP contribution in [0.5, 0.6) is 0 Å². The van der Waals surface area contributed by atoms with E-state index in [1.54, 1.807) is 6.07 Å². The number of carbonyl (C=O) groups excluding carboxylic acids is 2. The van der Waals surface area contributed by atoms with E-state index in [4.69, 9.17) is 18.8 Å². The van der Waals surface area contributed by atoms with Gasteiger partial charge in [0.05, 0.1) is 16.8 Å². The lowest BCUT2D eigenvalue weighted by atomic mass is 9.77. The Morgan fingerprint density at radius 2 is 1.79 bits per heavy atom. The normalized spacial score (nSPS) is 18.6. The Hall–Kier alpha value is -3.10. The van der Waals surface area contributed by atoms with E-state index in [1.807, 2.05) is 76.2 Å². The Labute approximate surface area is 194 Å². The van der Waals surface area contributed by atoms with E-state index in [9.17, 15) is 9.59 Å². The molecule has 2 aromatic carbocycles. The molecule has 33 heavy (non-hydrogen) atoms. The van der Waals surface area contributed by atoms with Crippen LogP contribution in [0.4, 0.5) is 4.79 Å². The van der Waals surface area contributed by atoms with E-state index < -0.39 is 24.4 Å². The van der Waals surface area contributed by atoms with Gasteiger partial charge < -0.3 is 24.1 Å². The molecule has 1 saturated heterocycles. The predicted octanol–water partition coefficient (Wildman–Crippen LogP) is 4.30. The fraction of sp³-hybridized carbons (Fsp3) is 0.360. The fourth-order valence-electron chi connectivity index (χ4n) is 3.60. The number of benzene rings is 2. The average Bonchev–Trinajstić information content (AvgIpc) is 3.25. The van der Waals surface area contributed by atoms with Crippen molar-refractivity contribution >= 4 is 25.3 Å². The van der Waals surface area contributed by atoms with Crippen LogP contribution in [0.1, 0.15) is 54.7 Å². The number of nitrogens with one attached hydrogen (secondary N) is 1. The standard InChI is InChI=1S/C25H28BNO6/c1-24(2)25(3,4)33-26(32-24)20(13-18-10-11-21-19(12-18)16-30-22(21)28)14-27-23(29)31-15-17-8-6-5-7-9-17/h5-13H,14-16H2,1-4H3,(H,27,29). The van der Waals surface area contributed by atoms with Gasteiger partial charge in [0.15, 0.2) is 0 Å². The summed E-state index contributed by atoms with van der Waals surface area (Å²) < 4.78 is 22.8. The summed E-state index contributed by atoms with van der Waals surface area (Å²) >= 11 is 0. The van der Waals surface area contributed by atoms with Crippen LogP contribution in [0.3, 0.4) is 0 Å². The average molecular weight is 449 g/mol. The zero-order valence-electron chi connectivity index (χ0n) is 19.3. The lowest BCUT2D eigenvalue weighted by Gasteiger charge is -2.32. The summed E-state index contributed by atoms with van der Waals surface area (Å²) in [4.78, 5) is 24.1. The monoisotopic (exact) mass is 449 g/mol. The Bertz CT molecular complexity index is 1060. The maximum atomic E-state index is 12.3. The van der Waals surface area contributed by atoms with E-state index >= 15 is 0 Å². The Morgan fingerprint density at radius 3 is 2.48 bits per heavy atom. The van der Waals surface area contributed by atoms with Crippen molar-refractivity contribution in [3.8, 4) is 0 Å². The molecule has 4 rings (SSSR count). The highest BCUT2D eigenvalue weighted by molar-refractivity contribution is 6.56. The first-order valence-electron chi connectivity index (χ1n) is 11.0. The predicted molar refractivity (Wildman–Crippen MR) is 124 cm³/mol. The lowest BCUT2D eigenvalue weighted by Crippen LogP contribution is -2.41. The van der Waals surface area contributed by atoms with E-state index in [-0.39, 0.29) is 25.7 Å². The quantitative estimate of drug-likeness (QED) is 0.523. The number of ether oxygens (including phenoxy) is 2. The van der Waals surface area contributed by atoms with Crippen LogP contribution < -0.4 is 5.32 Å². The molecule has 2 aliphatic heterocycles. The van der Waals surface area contributed by atoms with Gasteiger partial charge in [-0.15, -0.1) is 0 Å². The van der Waals surface area contributed by atoms with Crippen molar-refractivity contribution in [3.63, 3.8) is 0 Å². The highest BCUT2D eigenvalue weighted by Crippen LogP contribution is 2.38. The maximum absolute atomic E-state index is 12.3. The molecule has 1 fully saturated rings. The first kappa shape index (κ1) is 23.1. The van der Waals surface area contributed by atoms with Gasteiger partial charge >= 0.3 is 19.2 Å². The highest BCUT2D eigenvalue weighted by atomic mass is 16.7. The number of carbonyl (C=O) groups is 2. The molecule has 0 unspecified atom stereocenters. The van der Waals surface area contributed by atoms with Crippen LogP contribution in [0.2, 0.25) is 0 Å². The van der Waals surface area contributed by atoms with Crippen molar-refractivity contribution in [2.45, 2.75) is 52.1 Å². The second-order valence-corrected chi connectivity index (χ2v) is 9.22. The molecular weight excluding hydrogens is 421 g/mol. The molecule has 0 spiro atoms. The molecule has 0 atom stereocenters. The number of esters is 1. The fourth-order valence-corrected chi connectivity index (χ4v) is 3.60. The van der Waals surface area contributed by atoms with Crippen molar-refractivity contribution in [2.24, 2.45) is 0 Å². The van der Waals surface area contributed by atoms with Crippen molar-refractivity contribution in [1.82, 2.24) is 5.32 Å². The van der Waals surface area contributed by atoms with Gasteiger partial charge in [-0.2, -0.15) is 0 Å². The molecule has 0 aliphatic carbocycles. The van der Waals surface area contributed by atoms with Gasteiger partial charge in [0.25, 0.3) is 0 Å². The SMILES string of the molecule is CC1(C)OB(C(=Cc2ccc3c(c2)COC3=O)CNC(=O)OCc2ccccc2)OC1(C)C. The van der Waals surface area contributed by atoms with Crippen LogP contribution in [0.25, 0.3) is 6.08 Å². The molecule has 2 aromatic rings. The van der Waals surface area contributed by atoms with Gasteiger partial charge in [0.1, 0.15) is 13.2 Å². The first-order chi connectivity index (χ1) is 15.6. The molecule has 2 heterocycles. The van der Waals surface area contributed by atoms with Gasteiger partial charge in [-0.25, -0.2) is 9.59 Å². The number of alkyl carbamates (subject to hydrolysis) is 1. The zero-order chi connectivity index (χ0) is 23.6. The van der Waals surface area contributed by atoms with E-state index in [2.05, 4.69) is 5.32 Å².